The maximum atomic E-state index is 2.16. The molecule has 0 atom stereocenters. The number of fused-ring (bicyclic) bond motifs is 1. The lowest BCUT2D eigenvalue weighted by molar-refractivity contribution is 1.09. The third kappa shape index (κ3) is 0.771. The normalized spacial score (nSPS) is 12.9. The van der Waals surface area contributed by atoms with Crippen molar-refractivity contribution in [2.45, 2.75) is 6.42 Å². The summed E-state index contributed by atoms with van der Waals surface area (Å²) in [5.41, 5.74) is 1.39. The molecule has 2 heteroatoms. The summed E-state index contributed by atoms with van der Waals surface area (Å²) in [7, 11) is 0. The van der Waals surface area contributed by atoms with Crippen molar-refractivity contribution in [3.63, 3.8) is 0 Å². The molecule has 1 aliphatic rings. The van der Waals surface area contributed by atoms with Crippen LogP contribution in [0.1, 0.15) is 5.69 Å². The van der Waals surface area contributed by atoms with Gasteiger partial charge >= 0.3 is 0 Å². The first-order valence-corrected chi connectivity index (χ1v) is 2.79. The van der Waals surface area contributed by atoms with Gasteiger partial charge in [0.1, 0.15) is 0 Å². The predicted molar refractivity (Wildman–Crippen MR) is 35.6 cm³/mol. The van der Waals surface area contributed by atoms with Gasteiger partial charge in [0.05, 0.1) is 0 Å². The van der Waals surface area contributed by atoms with Gasteiger partial charge in [-0.25, -0.2) is 0 Å². The SMILES string of the molecule is C1=Cn2cccc2C1.[N]. The Balaban J connectivity index is 0.000000405. The number of nitrogens with zero attached hydrogens (tertiary/aromatic N) is 2. The molecule has 9 heavy (non-hydrogen) atoms. The van der Waals surface area contributed by atoms with Gasteiger partial charge in [-0.1, -0.05) is 6.08 Å². The van der Waals surface area contributed by atoms with Crippen LogP contribution in [0.2, 0.25) is 0 Å². The number of allylic oxidation sites excluding steroid dienone is 1. The molecule has 2 nitrogen and oxygen atoms in total. The highest BCUT2D eigenvalue weighted by Gasteiger charge is 1.99. The summed E-state index contributed by atoms with van der Waals surface area (Å²) in [5, 5.41) is 0. The number of hydrogen-bond acceptors (Lipinski definition) is 0. The molecule has 0 bridgehead atoms. The Kier molecular flexibility index (Phi) is 1.40. The zero-order valence-corrected chi connectivity index (χ0v) is 4.99. The van der Waals surface area contributed by atoms with Crippen molar-refractivity contribution in [1.29, 1.82) is 0 Å². The molecule has 0 fully saturated rings. The molecule has 2 rings (SSSR count). The highest BCUT2D eigenvalue weighted by molar-refractivity contribution is 5.36. The maximum absolute atomic E-state index is 2.16. The molecular formula is C7H7N2. The van der Waals surface area contributed by atoms with Gasteiger partial charge in [0.2, 0.25) is 0 Å². The van der Waals surface area contributed by atoms with Crippen molar-refractivity contribution in [1.82, 2.24) is 10.7 Å². The molecule has 0 N–H and O–H groups in total. The standard InChI is InChI=1S/C7H7N.N/c1-3-7-4-2-6-8(7)5-1;/h1-3,5-6H,4H2;. The second kappa shape index (κ2) is 2.07. The predicted octanol–water partition coefficient (Wildman–Crippen LogP) is 1.03. The second-order valence-corrected chi connectivity index (χ2v) is 2.00. The lowest BCUT2D eigenvalue weighted by atomic mass is 10.3. The summed E-state index contributed by atoms with van der Waals surface area (Å²) >= 11 is 0. The molecule has 1 aromatic rings. The fourth-order valence-corrected chi connectivity index (χ4v) is 1.03. The van der Waals surface area contributed by atoms with Gasteiger partial charge in [0.15, 0.2) is 0 Å². The van der Waals surface area contributed by atoms with E-state index in [0.717, 1.165) is 6.42 Å². The Morgan fingerprint density at radius 3 is 3.11 bits per heavy atom. The van der Waals surface area contributed by atoms with Crippen LogP contribution in [0.15, 0.2) is 24.4 Å². The van der Waals surface area contributed by atoms with Gasteiger partial charge < -0.3 is 4.57 Å². The van der Waals surface area contributed by atoms with E-state index in [-0.39, 0.29) is 6.15 Å². The van der Waals surface area contributed by atoms with Crippen LogP contribution in [-0.2, 0) is 6.42 Å². The van der Waals surface area contributed by atoms with Crippen LogP contribution < -0.4 is 6.15 Å². The molecule has 1 aromatic heterocycles. The summed E-state index contributed by atoms with van der Waals surface area (Å²) in [5.74, 6) is 0. The summed E-state index contributed by atoms with van der Waals surface area (Å²) in [6.07, 6.45) is 7.43. The molecule has 2 heterocycles. The molecule has 0 unspecified atom stereocenters. The topological polar surface area (TPSA) is 35.4 Å². The molecule has 0 saturated carbocycles. The molecular weight excluding hydrogens is 112 g/mol. The maximum Gasteiger partial charge on any atom is 0.0259 e. The minimum absolute atomic E-state index is 0. The minimum Gasteiger partial charge on any atom is -0.328 e. The van der Waals surface area contributed by atoms with Crippen molar-refractivity contribution in [3.05, 3.63) is 30.1 Å². The third-order valence-electron chi connectivity index (χ3n) is 1.46. The van der Waals surface area contributed by atoms with E-state index in [4.69, 9.17) is 0 Å². The average molecular weight is 119 g/mol. The lowest BCUT2D eigenvalue weighted by Crippen LogP contribution is -1.81. The van der Waals surface area contributed by atoms with Crippen LogP contribution in [0.4, 0.5) is 0 Å². The lowest BCUT2D eigenvalue weighted by Gasteiger charge is -1.88. The van der Waals surface area contributed by atoms with Crippen LogP contribution in [0, 0.1) is 0 Å². The first kappa shape index (κ1) is 6.11. The van der Waals surface area contributed by atoms with Crippen molar-refractivity contribution >= 4 is 6.20 Å². The zero-order chi connectivity index (χ0) is 5.40. The Bertz CT molecular complexity index is 223. The van der Waals surface area contributed by atoms with Crippen LogP contribution >= 0.6 is 0 Å². The largest absolute Gasteiger partial charge is 0.328 e. The highest BCUT2D eigenvalue weighted by Crippen LogP contribution is 2.10. The van der Waals surface area contributed by atoms with Gasteiger partial charge in [-0.05, 0) is 12.1 Å². The Hall–Kier alpha value is -1.02. The van der Waals surface area contributed by atoms with Gasteiger partial charge in [-0.2, -0.15) is 0 Å². The van der Waals surface area contributed by atoms with E-state index in [1.54, 1.807) is 0 Å². The van der Waals surface area contributed by atoms with Crippen molar-refractivity contribution in [3.8, 4) is 0 Å². The monoisotopic (exact) mass is 119 g/mol. The van der Waals surface area contributed by atoms with Crippen molar-refractivity contribution in [2.75, 3.05) is 0 Å². The van der Waals surface area contributed by atoms with Crippen LogP contribution in [0.5, 0.6) is 0 Å². The van der Waals surface area contributed by atoms with E-state index in [2.05, 4.69) is 35.2 Å². The quantitative estimate of drug-likeness (QED) is 0.489. The molecule has 45 valence electrons. The van der Waals surface area contributed by atoms with Crippen LogP contribution in [0.3, 0.4) is 0 Å². The van der Waals surface area contributed by atoms with E-state index < -0.39 is 0 Å². The smallest absolute Gasteiger partial charge is 0.0259 e. The first-order valence-electron chi connectivity index (χ1n) is 2.79. The van der Waals surface area contributed by atoms with E-state index >= 15 is 0 Å². The van der Waals surface area contributed by atoms with Crippen molar-refractivity contribution in [2.24, 2.45) is 0 Å². The molecule has 0 saturated heterocycles. The Morgan fingerprint density at radius 1 is 1.44 bits per heavy atom. The zero-order valence-electron chi connectivity index (χ0n) is 4.99. The molecule has 0 amide bonds. The fourth-order valence-electron chi connectivity index (χ4n) is 1.03. The molecule has 0 spiro atoms. The summed E-state index contributed by atoms with van der Waals surface area (Å²) < 4.78 is 2.14. The molecule has 0 aromatic carbocycles. The minimum atomic E-state index is 0. The van der Waals surface area contributed by atoms with E-state index in [9.17, 15) is 0 Å². The molecule has 0 aliphatic carbocycles. The van der Waals surface area contributed by atoms with E-state index in [1.807, 2.05) is 0 Å². The Morgan fingerprint density at radius 2 is 2.33 bits per heavy atom. The number of rotatable bonds is 0. The number of hydrogen-bond donors (Lipinski definition) is 0. The van der Waals surface area contributed by atoms with Crippen molar-refractivity contribution < 1.29 is 0 Å². The van der Waals surface area contributed by atoms with Gasteiger partial charge in [-0.15, -0.1) is 0 Å². The summed E-state index contributed by atoms with van der Waals surface area (Å²) in [4.78, 5) is 0. The Labute approximate surface area is 54.4 Å². The average Bonchev–Trinajstić information content (AvgIpc) is 2.15. The van der Waals surface area contributed by atoms with Crippen LogP contribution in [0.25, 0.3) is 6.20 Å². The van der Waals surface area contributed by atoms with E-state index in [0.29, 0.717) is 0 Å². The van der Waals surface area contributed by atoms with Gasteiger partial charge in [0.25, 0.3) is 0 Å². The fraction of sp³-hybridized carbons (Fsp3) is 0.143. The summed E-state index contributed by atoms with van der Waals surface area (Å²) in [6.45, 7) is 0. The molecule has 3 radical (unpaired) electrons. The van der Waals surface area contributed by atoms with Gasteiger partial charge in [-0.3, -0.25) is 0 Å². The molecule has 1 aliphatic heterocycles. The highest BCUT2D eigenvalue weighted by atomic mass is 15.0. The summed E-state index contributed by atoms with van der Waals surface area (Å²) in [6, 6.07) is 4.21. The van der Waals surface area contributed by atoms with E-state index in [1.165, 1.54) is 5.69 Å². The third-order valence-corrected chi connectivity index (χ3v) is 1.46. The first-order chi connectivity index (χ1) is 3.97. The van der Waals surface area contributed by atoms with Crippen LogP contribution in [-0.4, -0.2) is 4.57 Å². The number of aromatic nitrogens is 1. The van der Waals surface area contributed by atoms with Gasteiger partial charge in [0, 0.05) is 30.7 Å². The second-order valence-electron chi connectivity index (χ2n) is 2.00.